The van der Waals surface area contributed by atoms with Gasteiger partial charge in [-0.1, -0.05) is 37.8 Å². The SMILES string of the molecule is CN=C(NCCOC1CCCCCC1)NCc1ccc(C)cc1OC1CCOC1. The van der Waals surface area contributed by atoms with E-state index in [4.69, 9.17) is 14.2 Å². The van der Waals surface area contributed by atoms with Crippen molar-refractivity contribution >= 4 is 5.96 Å². The van der Waals surface area contributed by atoms with Crippen molar-refractivity contribution in [1.29, 1.82) is 0 Å². The molecule has 1 unspecified atom stereocenters. The molecule has 2 aliphatic rings. The Morgan fingerprint density at radius 1 is 1.10 bits per heavy atom. The second-order valence-electron chi connectivity index (χ2n) is 8.05. The number of guanidine groups is 1. The van der Waals surface area contributed by atoms with Gasteiger partial charge in [0.2, 0.25) is 0 Å². The first kappa shape index (κ1) is 21.9. The van der Waals surface area contributed by atoms with Crippen LogP contribution in [-0.4, -0.2) is 51.6 Å². The fourth-order valence-electron chi connectivity index (χ4n) is 3.91. The third kappa shape index (κ3) is 7.52. The van der Waals surface area contributed by atoms with Crippen LogP contribution in [0.25, 0.3) is 0 Å². The Hall–Kier alpha value is -1.79. The highest BCUT2D eigenvalue weighted by atomic mass is 16.5. The first-order valence-electron chi connectivity index (χ1n) is 11.1. The van der Waals surface area contributed by atoms with Gasteiger partial charge < -0.3 is 24.8 Å². The second-order valence-corrected chi connectivity index (χ2v) is 8.05. The topological polar surface area (TPSA) is 64.1 Å². The zero-order valence-electron chi connectivity index (χ0n) is 18.0. The van der Waals surface area contributed by atoms with Gasteiger partial charge in [-0.25, -0.2) is 0 Å². The Morgan fingerprint density at radius 3 is 2.66 bits per heavy atom. The number of ether oxygens (including phenoxy) is 3. The molecule has 0 spiro atoms. The summed E-state index contributed by atoms with van der Waals surface area (Å²) in [4.78, 5) is 4.33. The van der Waals surface area contributed by atoms with Gasteiger partial charge in [0.25, 0.3) is 0 Å². The molecule has 1 atom stereocenters. The van der Waals surface area contributed by atoms with Gasteiger partial charge in [0, 0.05) is 32.1 Å². The van der Waals surface area contributed by atoms with Crippen molar-refractivity contribution < 1.29 is 14.2 Å². The maximum absolute atomic E-state index is 6.18. The monoisotopic (exact) mass is 403 g/mol. The van der Waals surface area contributed by atoms with Crippen molar-refractivity contribution in [2.45, 2.75) is 70.6 Å². The van der Waals surface area contributed by atoms with Crippen molar-refractivity contribution in [3.8, 4) is 5.75 Å². The van der Waals surface area contributed by atoms with Gasteiger partial charge in [-0.3, -0.25) is 4.99 Å². The lowest BCUT2D eigenvalue weighted by Crippen LogP contribution is -2.39. The summed E-state index contributed by atoms with van der Waals surface area (Å²) in [5.41, 5.74) is 2.32. The van der Waals surface area contributed by atoms with Crippen LogP contribution in [0.2, 0.25) is 0 Å². The first-order chi connectivity index (χ1) is 14.2. The maximum Gasteiger partial charge on any atom is 0.191 e. The molecule has 1 heterocycles. The Balaban J connectivity index is 1.42. The van der Waals surface area contributed by atoms with Gasteiger partial charge in [0.1, 0.15) is 11.9 Å². The molecule has 0 bridgehead atoms. The number of hydrogen-bond donors (Lipinski definition) is 2. The molecule has 162 valence electrons. The Kier molecular flexibility index (Phi) is 9.09. The molecule has 1 aromatic carbocycles. The van der Waals surface area contributed by atoms with Crippen LogP contribution < -0.4 is 15.4 Å². The Bertz CT molecular complexity index is 636. The molecule has 1 aliphatic heterocycles. The number of hydrogen-bond acceptors (Lipinski definition) is 4. The van der Waals surface area contributed by atoms with Gasteiger partial charge in [-0.2, -0.15) is 0 Å². The lowest BCUT2D eigenvalue weighted by atomic mass is 10.1. The summed E-state index contributed by atoms with van der Waals surface area (Å²) in [5.74, 6) is 1.71. The van der Waals surface area contributed by atoms with Gasteiger partial charge in [-0.05, 0) is 31.4 Å². The fraction of sp³-hybridized carbons (Fsp3) is 0.696. The summed E-state index contributed by atoms with van der Waals surface area (Å²) in [7, 11) is 1.80. The average molecular weight is 404 g/mol. The molecule has 0 radical (unpaired) electrons. The Morgan fingerprint density at radius 2 is 1.93 bits per heavy atom. The van der Waals surface area contributed by atoms with Crippen LogP contribution in [0.3, 0.4) is 0 Å². The number of nitrogens with zero attached hydrogens (tertiary/aromatic N) is 1. The van der Waals surface area contributed by atoms with Gasteiger partial charge in [0.05, 0.1) is 25.9 Å². The predicted molar refractivity (Wildman–Crippen MR) is 117 cm³/mol. The molecule has 6 nitrogen and oxygen atoms in total. The minimum atomic E-state index is 0.147. The minimum Gasteiger partial charge on any atom is -0.488 e. The highest BCUT2D eigenvalue weighted by Gasteiger charge is 2.19. The quantitative estimate of drug-likeness (QED) is 0.301. The molecule has 1 saturated heterocycles. The summed E-state index contributed by atoms with van der Waals surface area (Å²) in [5, 5.41) is 6.74. The molecular formula is C23H37N3O3. The second kappa shape index (κ2) is 12.0. The number of rotatable bonds is 8. The van der Waals surface area contributed by atoms with Crippen LogP contribution in [0.15, 0.2) is 23.2 Å². The molecule has 0 aromatic heterocycles. The highest BCUT2D eigenvalue weighted by molar-refractivity contribution is 5.79. The van der Waals surface area contributed by atoms with Crippen LogP contribution in [-0.2, 0) is 16.0 Å². The van der Waals surface area contributed by atoms with Crippen LogP contribution in [0, 0.1) is 6.92 Å². The van der Waals surface area contributed by atoms with E-state index in [1.165, 1.54) is 44.1 Å². The fourth-order valence-corrected chi connectivity index (χ4v) is 3.91. The third-order valence-electron chi connectivity index (χ3n) is 5.62. The first-order valence-corrected chi connectivity index (χ1v) is 11.1. The molecule has 1 saturated carbocycles. The standard InChI is InChI=1S/C23H37N3O3/c1-18-9-10-19(22(15-18)29-21-11-13-27-17-21)16-26-23(24-2)25-12-14-28-20-7-5-3-4-6-8-20/h9-10,15,20-21H,3-8,11-14,16-17H2,1-2H3,(H2,24,25,26). The van der Waals surface area contributed by atoms with E-state index in [9.17, 15) is 0 Å². The number of aliphatic imine (C=N–C) groups is 1. The third-order valence-corrected chi connectivity index (χ3v) is 5.62. The normalized spacial score (nSPS) is 21.0. The van der Waals surface area contributed by atoms with Crippen LogP contribution in [0.4, 0.5) is 0 Å². The van der Waals surface area contributed by atoms with Crippen molar-refractivity contribution in [2.24, 2.45) is 4.99 Å². The molecule has 2 N–H and O–H groups in total. The predicted octanol–water partition coefficient (Wildman–Crippen LogP) is 3.57. The zero-order valence-corrected chi connectivity index (χ0v) is 18.0. The summed E-state index contributed by atoms with van der Waals surface area (Å²) in [6.45, 7) is 5.67. The van der Waals surface area contributed by atoms with E-state index < -0.39 is 0 Å². The van der Waals surface area contributed by atoms with Crippen molar-refractivity contribution in [1.82, 2.24) is 10.6 Å². The van der Waals surface area contributed by atoms with E-state index >= 15 is 0 Å². The largest absolute Gasteiger partial charge is 0.488 e. The number of nitrogens with one attached hydrogen (secondary N) is 2. The molecular weight excluding hydrogens is 366 g/mol. The molecule has 1 aliphatic carbocycles. The summed E-state index contributed by atoms with van der Waals surface area (Å²) in [6, 6.07) is 6.34. The summed E-state index contributed by atoms with van der Waals surface area (Å²) < 4.78 is 17.7. The van der Waals surface area contributed by atoms with E-state index in [0.717, 1.165) is 36.8 Å². The molecule has 29 heavy (non-hydrogen) atoms. The maximum atomic E-state index is 6.18. The van der Waals surface area contributed by atoms with Gasteiger partial charge >= 0.3 is 0 Å². The van der Waals surface area contributed by atoms with E-state index in [1.54, 1.807) is 7.05 Å². The lowest BCUT2D eigenvalue weighted by molar-refractivity contribution is 0.0468. The minimum absolute atomic E-state index is 0.147. The number of aryl methyl sites for hydroxylation is 1. The smallest absolute Gasteiger partial charge is 0.191 e. The van der Waals surface area contributed by atoms with E-state index in [2.05, 4.69) is 40.7 Å². The highest BCUT2D eigenvalue weighted by Crippen LogP contribution is 2.24. The van der Waals surface area contributed by atoms with Crippen molar-refractivity contribution in [3.63, 3.8) is 0 Å². The van der Waals surface area contributed by atoms with Crippen molar-refractivity contribution in [3.05, 3.63) is 29.3 Å². The molecule has 1 aromatic rings. The number of benzene rings is 1. The lowest BCUT2D eigenvalue weighted by Gasteiger charge is -2.19. The summed E-state index contributed by atoms with van der Waals surface area (Å²) in [6.07, 6.45) is 9.25. The van der Waals surface area contributed by atoms with Crippen LogP contribution in [0.5, 0.6) is 5.75 Å². The van der Waals surface area contributed by atoms with Gasteiger partial charge in [-0.15, -0.1) is 0 Å². The van der Waals surface area contributed by atoms with Crippen molar-refractivity contribution in [2.75, 3.05) is 33.4 Å². The van der Waals surface area contributed by atoms with E-state index in [1.807, 2.05) is 0 Å². The molecule has 2 fully saturated rings. The van der Waals surface area contributed by atoms with E-state index in [-0.39, 0.29) is 6.10 Å². The molecule has 3 rings (SSSR count). The molecule has 0 amide bonds. The van der Waals surface area contributed by atoms with Crippen LogP contribution >= 0.6 is 0 Å². The molecule has 6 heteroatoms. The summed E-state index contributed by atoms with van der Waals surface area (Å²) >= 11 is 0. The van der Waals surface area contributed by atoms with Crippen LogP contribution in [0.1, 0.15) is 56.1 Å². The van der Waals surface area contributed by atoms with Gasteiger partial charge in [0.15, 0.2) is 5.96 Å². The van der Waals surface area contributed by atoms with E-state index in [0.29, 0.717) is 25.9 Å². The average Bonchev–Trinajstić information content (AvgIpc) is 3.10. The Labute approximate surface area is 175 Å². The zero-order chi connectivity index (χ0) is 20.3.